The molecular weight excluding hydrogens is 338 g/mol. The smallest absolute Gasteiger partial charge is 0.280 e. The van der Waals surface area contributed by atoms with E-state index in [-0.39, 0.29) is 23.0 Å². The molecule has 26 heavy (non-hydrogen) atoms. The predicted octanol–water partition coefficient (Wildman–Crippen LogP) is 4.41. The molecule has 134 valence electrons. The van der Waals surface area contributed by atoms with E-state index in [9.17, 15) is 13.6 Å². The molecule has 0 radical (unpaired) electrons. The third-order valence-electron chi connectivity index (χ3n) is 4.65. The lowest BCUT2D eigenvalue weighted by molar-refractivity contribution is 0.102. The van der Waals surface area contributed by atoms with Gasteiger partial charge in [0.25, 0.3) is 12.3 Å². The number of fused-ring (bicyclic) bond motifs is 1. The molecular formula is C19H18F2N4O. The van der Waals surface area contributed by atoms with Gasteiger partial charge in [-0.15, -0.1) is 0 Å². The Hall–Kier alpha value is -2.83. The molecule has 0 saturated heterocycles. The molecule has 3 aromatic rings. The fourth-order valence-electron chi connectivity index (χ4n) is 3.06. The summed E-state index contributed by atoms with van der Waals surface area (Å²) in [7, 11) is 0. The summed E-state index contributed by atoms with van der Waals surface area (Å²) in [5.74, 6) is -0.208. The van der Waals surface area contributed by atoms with Crippen LogP contribution in [0.2, 0.25) is 0 Å². The van der Waals surface area contributed by atoms with Crippen molar-refractivity contribution >= 4 is 17.2 Å². The van der Waals surface area contributed by atoms with Crippen LogP contribution in [-0.4, -0.2) is 20.5 Å². The number of rotatable bonds is 4. The highest BCUT2D eigenvalue weighted by Gasteiger charge is 2.28. The second kappa shape index (κ2) is 6.16. The molecule has 2 heterocycles. The van der Waals surface area contributed by atoms with E-state index in [1.54, 1.807) is 0 Å². The Kier molecular flexibility index (Phi) is 3.94. The van der Waals surface area contributed by atoms with E-state index < -0.39 is 12.3 Å². The number of aromatic nitrogens is 3. The van der Waals surface area contributed by atoms with Crippen LogP contribution in [0.4, 0.5) is 14.5 Å². The van der Waals surface area contributed by atoms with Crippen molar-refractivity contribution in [1.82, 2.24) is 14.6 Å². The minimum atomic E-state index is -2.69. The number of carbonyl (C=O) groups is 1. The van der Waals surface area contributed by atoms with Gasteiger partial charge in [-0.05, 0) is 43.9 Å². The van der Waals surface area contributed by atoms with Gasteiger partial charge in [0.05, 0.1) is 0 Å². The van der Waals surface area contributed by atoms with Crippen LogP contribution in [0.1, 0.15) is 58.2 Å². The first-order valence-corrected chi connectivity index (χ1v) is 8.50. The summed E-state index contributed by atoms with van der Waals surface area (Å²) < 4.78 is 27.9. The third-order valence-corrected chi connectivity index (χ3v) is 4.65. The summed E-state index contributed by atoms with van der Waals surface area (Å²) in [4.78, 5) is 17.0. The molecule has 1 saturated carbocycles. The largest absolute Gasteiger partial charge is 0.320 e. The number of anilines is 1. The highest BCUT2D eigenvalue weighted by Crippen LogP contribution is 2.40. The van der Waals surface area contributed by atoms with Crippen LogP contribution in [-0.2, 0) is 0 Å². The summed E-state index contributed by atoms with van der Waals surface area (Å²) >= 11 is 0. The lowest BCUT2D eigenvalue weighted by atomic mass is 10.1. The van der Waals surface area contributed by atoms with Gasteiger partial charge in [-0.2, -0.15) is 5.10 Å². The Morgan fingerprint density at radius 1 is 1.23 bits per heavy atom. The van der Waals surface area contributed by atoms with Crippen molar-refractivity contribution in [3.63, 3.8) is 0 Å². The number of aryl methyl sites for hydroxylation is 2. The Bertz CT molecular complexity index is 988. The molecule has 1 N–H and O–H groups in total. The molecule has 0 atom stereocenters. The minimum Gasteiger partial charge on any atom is -0.320 e. The van der Waals surface area contributed by atoms with Crippen molar-refractivity contribution in [2.45, 2.75) is 39.0 Å². The van der Waals surface area contributed by atoms with Gasteiger partial charge < -0.3 is 5.32 Å². The molecule has 0 spiro atoms. The number of carbonyl (C=O) groups excluding carboxylic acids is 1. The number of hydrogen-bond donors (Lipinski definition) is 1. The van der Waals surface area contributed by atoms with E-state index in [0.717, 1.165) is 28.5 Å². The van der Waals surface area contributed by atoms with Gasteiger partial charge in [-0.25, -0.2) is 18.3 Å². The summed E-state index contributed by atoms with van der Waals surface area (Å²) in [6.45, 7) is 3.79. The first kappa shape index (κ1) is 16.6. The lowest BCUT2D eigenvalue weighted by Gasteiger charge is -2.10. The SMILES string of the molecule is Cc1cccc(C)c1NC(=O)c1cc2nc(C3CC3)cc(C(F)F)n2n1. The average molecular weight is 356 g/mol. The molecule has 5 nitrogen and oxygen atoms in total. The second-order valence-corrected chi connectivity index (χ2v) is 6.70. The molecule has 1 fully saturated rings. The summed E-state index contributed by atoms with van der Waals surface area (Å²) in [6.07, 6.45) is -0.771. The van der Waals surface area contributed by atoms with E-state index in [0.29, 0.717) is 11.4 Å². The van der Waals surface area contributed by atoms with Crippen LogP contribution < -0.4 is 5.32 Å². The molecule has 0 bridgehead atoms. The normalized spacial score (nSPS) is 14.2. The topological polar surface area (TPSA) is 59.3 Å². The van der Waals surface area contributed by atoms with Gasteiger partial charge in [0, 0.05) is 23.4 Å². The second-order valence-electron chi connectivity index (χ2n) is 6.70. The highest BCUT2D eigenvalue weighted by atomic mass is 19.3. The van der Waals surface area contributed by atoms with Crippen molar-refractivity contribution in [2.75, 3.05) is 5.32 Å². The first-order chi connectivity index (χ1) is 12.4. The van der Waals surface area contributed by atoms with Gasteiger partial charge in [0.15, 0.2) is 11.3 Å². The van der Waals surface area contributed by atoms with Crippen molar-refractivity contribution in [3.8, 4) is 0 Å². The number of nitrogens with one attached hydrogen (secondary N) is 1. The standard InChI is InChI=1S/C19H18F2N4O/c1-10-4-3-5-11(2)17(10)23-19(26)14-9-16-22-13(12-6-7-12)8-15(18(20)21)25(16)24-14/h3-5,8-9,12,18H,6-7H2,1-2H3,(H,23,26). The molecule has 1 amide bonds. The average Bonchev–Trinajstić information content (AvgIpc) is 3.35. The maximum absolute atomic E-state index is 13.4. The molecule has 0 aliphatic heterocycles. The zero-order chi connectivity index (χ0) is 18.4. The maximum atomic E-state index is 13.4. The Morgan fingerprint density at radius 3 is 2.54 bits per heavy atom. The molecule has 7 heteroatoms. The Balaban J connectivity index is 1.72. The van der Waals surface area contributed by atoms with Gasteiger partial charge in [0.1, 0.15) is 5.69 Å². The molecule has 1 aliphatic rings. The van der Waals surface area contributed by atoms with E-state index >= 15 is 0 Å². The third kappa shape index (κ3) is 2.94. The van der Waals surface area contributed by atoms with Crippen LogP contribution in [0.15, 0.2) is 30.3 Å². The van der Waals surface area contributed by atoms with Gasteiger partial charge in [0.2, 0.25) is 0 Å². The number of para-hydroxylation sites is 1. The molecule has 1 aliphatic carbocycles. The summed E-state index contributed by atoms with van der Waals surface area (Å²) in [5, 5.41) is 6.90. The zero-order valence-corrected chi connectivity index (χ0v) is 14.5. The van der Waals surface area contributed by atoms with Crippen LogP contribution >= 0.6 is 0 Å². The first-order valence-electron chi connectivity index (χ1n) is 8.50. The molecule has 1 aromatic carbocycles. The Morgan fingerprint density at radius 2 is 1.92 bits per heavy atom. The van der Waals surface area contributed by atoms with Crippen LogP contribution in [0.3, 0.4) is 0 Å². The summed E-state index contributed by atoms with van der Waals surface area (Å²) in [5.41, 5.74) is 3.30. The number of alkyl halides is 2. The van der Waals surface area contributed by atoms with Crippen LogP contribution in [0.25, 0.3) is 5.65 Å². The van der Waals surface area contributed by atoms with Crippen LogP contribution in [0, 0.1) is 13.8 Å². The highest BCUT2D eigenvalue weighted by molar-refractivity contribution is 6.04. The number of nitrogens with zero attached hydrogens (tertiary/aromatic N) is 3. The minimum absolute atomic E-state index is 0.0648. The van der Waals surface area contributed by atoms with Crippen molar-refractivity contribution in [3.05, 3.63) is 58.5 Å². The maximum Gasteiger partial charge on any atom is 0.280 e. The molecule has 2 aromatic heterocycles. The number of hydrogen-bond acceptors (Lipinski definition) is 3. The Labute approximate surface area is 149 Å². The van der Waals surface area contributed by atoms with E-state index in [1.165, 1.54) is 12.1 Å². The van der Waals surface area contributed by atoms with Crippen molar-refractivity contribution in [1.29, 1.82) is 0 Å². The predicted molar refractivity (Wildman–Crippen MR) is 93.8 cm³/mol. The fraction of sp³-hybridized carbons (Fsp3) is 0.316. The van der Waals surface area contributed by atoms with Crippen molar-refractivity contribution in [2.24, 2.45) is 0 Å². The van der Waals surface area contributed by atoms with E-state index in [2.05, 4.69) is 15.4 Å². The van der Waals surface area contributed by atoms with E-state index in [1.807, 2.05) is 32.0 Å². The van der Waals surface area contributed by atoms with Gasteiger partial charge in [-0.1, -0.05) is 18.2 Å². The zero-order valence-electron chi connectivity index (χ0n) is 14.5. The van der Waals surface area contributed by atoms with E-state index in [4.69, 9.17) is 0 Å². The van der Waals surface area contributed by atoms with Gasteiger partial charge >= 0.3 is 0 Å². The van der Waals surface area contributed by atoms with Crippen molar-refractivity contribution < 1.29 is 13.6 Å². The van der Waals surface area contributed by atoms with Gasteiger partial charge in [-0.3, -0.25) is 4.79 Å². The number of halogens is 2. The molecule has 4 rings (SSSR count). The van der Waals surface area contributed by atoms with Crippen LogP contribution in [0.5, 0.6) is 0 Å². The quantitative estimate of drug-likeness (QED) is 0.753. The monoisotopic (exact) mass is 356 g/mol. The fourth-order valence-corrected chi connectivity index (χ4v) is 3.06. The summed E-state index contributed by atoms with van der Waals surface area (Å²) in [6, 6.07) is 8.55. The lowest BCUT2D eigenvalue weighted by Crippen LogP contribution is -2.14. The number of amides is 1. The number of benzene rings is 1. The molecule has 0 unspecified atom stereocenters.